The third-order valence-electron chi connectivity index (χ3n) is 3.18. The Labute approximate surface area is 99.4 Å². The number of benzene rings is 1. The van der Waals surface area contributed by atoms with E-state index in [1.165, 1.54) is 4.57 Å². The van der Waals surface area contributed by atoms with Gasteiger partial charge in [0.1, 0.15) is 0 Å². The molecular formula is C12H17N3O2. The van der Waals surface area contributed by atoms with Gasteiger partial charge in [0.15, 0.2) is 5.58 Å². The summed E-state index contributed by atoms with van der Waals surface area (Å²) in [6.07, 6.45) is 0. The lowest BCUT2D eigenvalue weighted by molar-refractivity contribution is 0.528. The van der Waals surface area contributed by atoms with Crippen LogP contribution < -0.4 is 16.4 Å². The van der Waals surface area contributed by atoms with Crippen molar-refractivity contribution < 1.29 is 4.42 Å². The standard InChI is InChI=1S/C12H17N3O2/c1-8(7-13)14(2)9-4-5-11-10(6-9)15(3)12(16)17-11/h4-6,8H,7,13H2,1-3H3. The highest BCUT2D eigenvalue weighted by molar-refractivity contribution is 5.77. The first-order valence-corrected chi connectivity index (χ1v) is 5.57. The molecule has 5 nitrogen and oxygen atoms in total. The highest BCUT2D eigenvalue weighted by Gasteiger charge is 2.11. The number of hydrogen-bond donors (Lipinski definition) is 1. The van der Waals surface area contributed by atoms with Gasteiger partial charge in [0.2, 0.25) is 0 Å². The van der Waals surface area contributed by atoms with E-state index in [1.54, 1.807) is 7.05 Å². The minimum Gasteiger partial charge on any atom is -0.408 e. The van der Waals surface area contributed by atoms with Crippen LogP contribution >= 0.6 is 0 Å². The molecule has 1 heterocycles. The third kappa shape index (κ3) is 1.93. The minimum atomic E-state index is -0.341. The first-order valence-electron chi connectivity index (χ1n) is 5.57. The Hall–Kier alpha value is -1.75. The molecule has 92 valence electrons. The van der Waals surface area contributed by atoms with Gasteiger partial charge in [0.25, 0.3) is 0 Å². The van der Waals surface area contributed by atoms with Crippen molar-refractivity contribution in [1.29, 1.82) is 0 Å². The maximum absolute atomic E-state index is 11.4. The molecule has 0 amide bonds. The summed E-state index contributed by atoms with van der Waals surface area (Å²) in [5.74, 6) is -0.341. The first-order chi connectivity index (χ1) is 8.04. The summed E-state index contributed by atoms with van der Waals surface area (Å²) in [5.41, 5.74) is 8.06. The molecule has 0 fully saturated rings. The van der Waals surface area contributed by atoms with E-state index in [2.05, 4.69) is 11.8 Å². The molecular weight excluding hydrogens is 218 g/mol. The van der Waals surface area contributed by atoms with Crippen LogP contribution in [-0.4, -0.2) is 24.2 Å². The van der Waals surface area contributed by atoms with Gasteiger partial charge in [0.05, 0.1) is 5.52 Å². The summed E-state index contributed by atoms with van der Waals surface area (Å²) in [6.45, 7) is 2.64. The van der Waals surface area contributed by atoms with Crippen LogP contribution in [0.15, 0.2) is 27.4 Å². The molecule has 0 saturated heterocycles. The van der Waals surface area contributed by atoms with Gasteiger partial charge in [-0.2, -0.15) is 0 Å². The molecule has 1 unspecified atom stereocenters. The van der Waals surface area contributed by atoms with E-state index in [-0.39, 0.29) is 11.8 Å². The molecule has 0 spiro atoms. The molecule has 0 aliphatic rings. The van der Waals surface area contributed by atoms with E-state index in [9.17, 15) is 4.79 Å². The molecule has 2 rings (SSSR count). The summed E-state index contributed by atoms with van der Waals surface area (Å²) in [7, 11) is 3.68. The number of likely N-dealkylation sites (N-methyl/N-ethyl adjacent to an activating group) is 1. The van der Waals surface area contributed by atoms with Gasteiger partial charge in [-0.3, -0.25) is 4.57 Å². The number of hydrogen-bond acceptors (Lipinski definition) is 4. The van der Waals surface area contributed by atoms with Gasteiger partial charge in [-0.15, -0.1) is 0 Å². The van der Waals surface area contributed by atoms with E-state index >= 15 is 0 Å². The highest BCUT2D eigenvalue weighted by Crippen LogP contribution is 2.21. The summed E-state index contributed by atoms with van der Waals surface area (Å²) in [5, 5.41) is 0. The number of nitrogens with zero attached hydrogens (tertiary/aromatic N) is 2. The number of nitrogens with two attached hydrogens (primary N) is 1. The van der Waals surface area contributed by atoms with Crippen molar-refractivity contribution in [2.24, 2.45) is 12.8 Å². The normalized spacial score (nSPS) is 12.9. The predicted octanol–water partition coefficient (Wildman–Crippen LogP) is 0.915. The molecule has 5 heteroatoms. The molecule has 17 heavy (non-hydrogen) atoms. The van der Waals surface area contributed by atoms with Crippen molar-refractivity contribution in [2.75, 3.05) is 18.5 Å². The summed E-state index contributed by atoms with van der Waals surface area (Å²) < 4.78 is 6.58. The number of fused-ring (bicyclic) bond motifs is 1. The summed E-state index contributed by atoms with van der Waals surface area (Å²) in [6, 6.07) is 5.92. The second kappa shape index (κ2) is 4.25. The number of aromatic nitrogens is 1. The number of aryl methyl sites for hydroxylation is 1. The molecule has 0 saturated carbocycles. The average molecular weight is 235 g/mol. The molecule has 1 aromatic heterocycles. The van der Waals surface area contributed by atoms with Crippen LogP contribution in [0.1, 0.15) is 6.92 Å². The maximum Gasteiger partial charge on any atom is 0.419 e. The van der Waals surface area contributed by atoms with Crippen molar-refractivity contribution in [3.8, 4) is 0 Å². The number of rotatable bonds is 3. The van der Waals surface area contributed by atoms with Crippen molar-refractivity contribution in [1.82, 2.24) is 4.57 Å². The largest absolute Gasteiger partial charge is 0.419 e. The van der Waals surface area contributed by atoms with E-state index in [0.717, 1.165) is 11.2 Å². The zero-order valence-corrected chi connectivity index (χ0v) is 10.3. The van der Waals surface area contributed by atoms with Crippen LogP contribution in [0, 0.1) is 0 Å². The van der Waals surface area contributed by atoms with Gasteiger partial charge in [-0.05, 0) is 25.1 Å². The van der Waals surface area contributed by atoms with Crippen LogP contribution in [0.3, 0.4) is 0 Å². The monoisotopic (exact) mass is 235 g/mol. The van der Waals surface area contributed by atoms with Crippen molar-refractivity contribution in [2.45, 2.75) is 13.0 Å². The Bertz CT molecular complexity index is 585. The topological polar surface area (TPSA) is 64.4 Å². The van der Waals surface area contributed by atoms with E-state index in [1.807, 2.05) is 25.2 Å². The van der Waals surface area contributed by atoms with Crippen molar-refractivity contribution in [3.63, 3.8) is 0 Å². The Morgan fingerprint density at radius 1 is 1.53 bits per heavy atom. The zero-order chi connectivity index (χ0) is 12.6. The molecule has 1 aromatic carbocycles. The molecule has 0 aliphatic heterocycles. The zero-order valence-electron chi connectivity index (χ0n) is 10.3. The molecule has 0 radical (unpaired) electrons. The smallest absolute Gasteiger partial charge is 0.408 e. The lowest BCUT2D eigenvalue weighted by atomic mass is 10.2. The van der Waals surface area contributed by atoms with Crippen molar-refractivity contribution in [3.05, 3.63) is 28.7 Å². The van der Waals surface area contributed by atoms with Crippen LogP contribution in [0.4, 0.5) is 5.69 Å². The third-order valence-corrected chi connectivity index (χ3v) is 3.18. The SMILES string of the molecule is CC(CN)N(C)c1ccc2oc(=O)n(C)c2c1. The number of oxazole rings is 1. The Kier molecular flexibility index (Phi) is 2.93. The quantitative estimate of drug-likeness (QED) is 0.859. The molecule has 2 N–H and O–H groups in total. The van der Waals surface area contributed by atoms with Crippen LogP contribution in [-0.2, 0) is 7.05 Å². The van der Waals surface area contributed by atoms with Gasteiger partial charge in [-0.1, -0.05) is 0 Å². The van der Waals surface area contributed by atoms with E-state index < -0.39 is 0 Å². The number of anilines is 1. The first kappa shape index (κ1) is 11.7. The molecule has 0 bridgehead atoms. The van der Waals surface area contributed by atoms with E-state index in [0.29, 0.717) is 12.1 Å². The molecule has 0 aliphatic carbocycles. The lowest BCUT2D eigenvalue weighted by Crippen LogP contribution is -2.35. The second-order valence-electron chi connectivity index (χ2n) is 4.27. The summed E-state index contributed by atoms with van der Waals surface area (Å²) in [4.78, 5) is 13.5. The predicted molar refractivity (Wildman–Crippen MR) is 68.4 cm³/mol. The van der Waals surface area contributed by atoms with E-state index in [4.69, 9.17) is 10.2 Å². The maximum atomic E-state index is 11.4. The lowest BCUT2D eigenvalue weighted by Gasteiger charge is -2.25. The fourth-order valence-electron chi connectivity index (χ4n) is 1.75. The Morgan fingerprint density at radius 3 is 2.88 bits per heavy atom. The second-order valence-corrected chi connectivity index (χ2v) is 4.27. The fourth-order valence-corrected chi connectivity index (χ4v) is 1.75. The van der Waals surface area contributed by atoms with Gasteiger partial charge >= 0.3 is 5.76 Å². The van der Waals surface area contributed by atoms with Gasteiger partial charge < -0.3 is 15.1 Å². The molecule has 2 aromatic rings. The Morgan fingerprint density at radius 2 is 2.24 bits per heavy atom. The van der Waals surface area contributed by atoms with Crippen LogP contribution in [0.5, 0.6) is 0 Å². The van der Waals surface area contributed by atoms with Gasteiger partial charge in [0, 0.05) is 32.4 Å². The highest BCUT2D eigenvalue weighted by atomic mass is 16.4. The van der Waals surface area contributed by atoms with Crippen LogP contribution in [0.25, 0.3) is 11.1 Å². The van der Waals surface area contributed by atoms with Crippen molar-refractivity contribution >= 4 is 16.8 Å². The molecule has 1 atom stereocenters. The Balaban J connectivity index is 2.50. The average Bonchev–Trinajstić information content (AvgIpc) is 2.63. The van der Waals surface area contributed by atoms with Gasteiger partial charge in [-0.25, -0.2) is 4.79 Å². The van der Waals surface area contributed by atoms with Crippen LogP contribution in [0.2, 0.25) is 0 Å². The minimum absolute atomic E-state index is 0.247. The summed E-state index contributed by atoms with van der Waals surface area (Å²) >= 11 is 0. The fraction of sp³-hybridized carbons (Fsp3) is 0.417.